The normalized spacial score (nSPS) is 18.4. The molecule has 0 radical (unpaired) electrons. The maximum atomic E-state index is 12.6. The second kappa shape index (κ2) is 6.84. The molecule has 0 bridgehead atoms. The van der Waals surface area contributed by atoms with Gasteiger partial charge in [-0.15, -0.1) is 0 Å². The minimum absolute atomic E-state index is 0.0169. The standard InChI is InChI=1S/C12H27N3O2S/c1-11(2)14(3)18(16,17)15(10-6-9-13)12-7-4-5-8-12/h11-12H,4-10,13H2,1-3H3. The zero-order valence-electron chi connectivity index (χ0n) is 11.8. The van der Waals surface area contributed by atoms with Crippen LogP contribution in [0.2, 0.25) is 0 Å². The van der Waals surface area contributed by atoms with E-state index in [4.69, 9.17) is 5.73 Å². The van der Waals surface area contributed by atoms with E-state index in [-0.39, 0.29) is 12.1 Å². The van der Waals surface area contributed by atoms with Crippen LogP contribution >= 0.6 is 0 Å². The van der Waals surface area contributed by atoms with Crippen LogP contribution in [0.15, 0.2) is 0 Å². The van der Waals surface area contributed by atoms with Crippen LogP contribution in [0.1, 0.15) is 46.0 Å². The lowest BCUT2D eigenvalue weighted by Crippen LogP contribution is -2.49. The zero-order chi connectivity index (χ0) is 13.8. The zero-order valence-corrected chi connectivity index (χ0v) is 12.6. The van der Waals surface area contributed by atoms with Gasteiger partial charge in [0.2, 0.25) is 0 Å². The topological polar surface area (TPSA) is 66.6 Å². The van der Waals surface area contributed by atoms with Crippen molar-refractivity contribution >= 4 is 10.2 Å². The molecule has 108 valence electrons. The summed E-state index contributed by atoms with van der Waals surface area (Å²) < 4.78 is 28.3. The molecular weight excluding hydrogens is 250 g/mol. The molecule has 0 heterocycles. The van der Waals surface area contributed by atoms with E-state index in [0.29, 0.717) is 13.1 Å². The minimum atomic E-state index is -3.34. The lowest BCUT2D eigenvalue weighted by molar-refractivity contribution is 0.281. The highest BCUT2D eigenvalue weighted by Gasteiger charge is 2.35. The Balaban J connectivity index is 2.86. The molecule has 0 spiro atoms. The Morgan fingerprint density at radius 2 is 1.83 bits per heavy atom. The van der Waals surface area contributed by atoms with Crippen molar-refractivity contribution in [1.82, 2.24) is 8.61 Å². The smallest absolute Gasteiger partial charge is 0.282 e. The molecule has 5 nitrogen and oxygen atoms in total. The van der Waals surface area contributed by atoms with E-state index < -0.39 is 10.2 Å². The van der Waals surface area contributed by atoms with Crippen molar-refractivity contribution in [3.8, 4) is 0 Å². The number of hydrogen-bond donors (Lipinski definition) is 1. The Bertz CT molecular complexity index is 337. The molecule has 0 aromatic heterocycles. The average molecular weight is 277 g/mol. The van der Waals surface area contributed by atoms with Crippen LogP contribution in [0.25, 0.3) is 0 Å². The highest BCUT2D eigenvalue weighted by Crippen LogP contribution is 2.27. The highest BCUT2D eigenvalue weighted by molar-refractivity contribution is 7.86. The maximum absolute atomic E-state index is 12.6. The molecule has 0 aromatic carbocycles. The summed E-state index contributed by atoms with van der Waals surface area (Å²) in [6.07, 6.45) is 4.95. The third kappa shape index (κ3) is 3.66. The first-order chi connectivity index (χ1) is 8.41. The summed E-state index contributed by atoms with van der Waals surface area (Å²) in [5.74, 6) is 0. The van der Waals surface area contributed by atoms with Gasteiger partial charge in [0.05, 0.1) is 0 Å². The molecule has 0 unspecified atom stereocenters. The van der Waals surface area contributed by atoms with E-state index >= 15 is 0 Å². The molecule has 1 rings (SSSR count). The highest BCUT2D eigenvalue weighted by atomic mass is 32.2. The van der Waals surface area contributed by atoms with Crippen molar-refractivity contribution in [2.45, 2.75) is 58.0 Å². The van der Waals surface area contributed by atoms with E-state index in [1.165, 1.54) is 4.31 Å². The Kier molecular flexibility index (Phi) is 6.04. The van der Waals surface area contributed by atoms with Gasteiger partial charge in [0, 0.05) is 25.7 Å². The summed E-state index contributed by atoms with van der Waals surface area (Å²) in [5, 5.41) is 0. The molecule has 1 fully saturated rings. The number of hydrogen-bond acceptors (Lipinski definition) is 3. The number of rotatable bonds is 7. The molecule has 0 atom stereocenters. The molecule has 0 amide bonds. The summed E-state index contributed by atoms with van der Waals surface area (Å²) >= 11 is 0. The van der Waals surface area contributed by atoms with Gasteiger partial charge in [-0.3, -0.25) is 0 Å². The second-order valence-electron chi connectivity index (χ2n) is 5.31. The van der Waals surface area contributed by atoms with Crippen LogP contribution in [0.3, 0.4) is 0 Å². The monoisotopic (exact) mass is 277 g/mol. The molecule has 1 aliphatic carbocycles. The van der Waals surface area contributed by atoms with E-state index in [2.05, 4.69) is 0 Å². The molecule has 6 heteroatoms. The minimum Gasteiger partial charge on any atom is -0.330 e. The molecule has 0 saturated heterocycles. The Morgan fingerprint density at radius 1 is 1.28 bits per heavy atom. The third-order valence-electron chi connectivity index (χ3n) is 3.70. The van der Waals surface area contributed by atoms with Gasteiger partial charge in [-0.05, 0) is 39.7 Å². The van der Waals surface area contributed by atoms with Crippen LogP contribution in [-0.2, 0) is 10.2 Å². The predicted octanol–water partition coefficient (Wildman–Crippen LogP) is 1.16. The van der Waals surface area contributed by atoms with Crippen LogP contribution in [0, 0.1) is 0 Å². The molecule has 0 aromatic rings. The van der Waals surface area contributed by atoms with Crippen molar-refractivity contribution in [2.24, 2.45) is 5.73 Å². The summed E-state index contributed by atoms with van der Waals surface area (Å²) in [4.78, 5) is 0. The van der Waals surface area contributed by atoms with Gasteiger partial charge in [0.1, 0.15) is 0 Å². The summed E-state index contributed by atoms with van der Waals surface area (Å²) in [5.41, 5.74) is 5.52. The number of nitrogens with zero attached hydrogens (tertiary/aromatic N) is 2. The Hall–Kier alpha value is -0.170. The molecule has 1 aliphatic rings. The average Bonchev–Trinajstić information content (AvgIpc) is 2.81. The van der Waals surface area contributed by atoms with Crippen LogP contribution in [-0.4, -0.2) is 49.2 Å². The van der Waals surface area contributed by atoms with Crippen molar-refractivity contribution < 1.29 is 8.42 Å². The lowest BCUT2D eigenvalue weighted by atomic mass is 10.2. The summed E-state index contributed by atoms with van der Waals surface area (Å²) in [6, 6.07) is 0.152. The van der Waals surface area contributed by atoms with Crippen molar-refractivity contribution in [1.29, 1.82) is 0 Å². The van der Waals surface area contributed by atoms with Crippen molar-refractivity contribution in [2.75, 3.05) is 20.1 Å². The van der Waals surface area contributed by atoms with Gasteiger partial charge in [0.25, 0.3) is 10.2 Å². The summed E-state index contributed by atoms with van der Waals surface area (Å²) in [7, 11) is -1.69. The number of nitrogens with two attached hydrogens (primary N) is 1. The molecular formula is C12H27N3O2S. The fourth-order valence-electron chi connectivity index (χ4n) is 2.36. The molecule has 0 aliphatic heterocycles. The Labute approximate surface area is 112 Å². The van der Waals surface area contributed by atoms with Gasteiger partial charge in [-0.2, -0.15) is 17.0 Å². The fourth-order valence-corrected chi connectivity index (χ4v) is 4.17. The van der Waals surface area contributed by atoms with Gasteiger partial charge in [0.15, 0.2) is 0 Å². The van der Waals surface area contributed by atoms with E-state index in [1.807, 2.05) is 13.8 Å². The largest absolute Gasteiger partial charge is 0.330 e. The Morgan fingerprint density at radius 3 is 2.28 bits per heavy atom. The van der Waals surface area contributed by atoms with Crippen molar-refractivity contribution in [3.05, 3.63) is 0 Å². The SMILES string of the molecule is CC(C)N(C)S(=O)(=O)N(CCCN)C1CCCC1. The van der Waals surface area contributed by atoms with Crippen LogP contribution in [0.5, 0.6) is 0 Å². The molecule has 1 saturated carbocycles. The lowest BCUT2D eigenvalue weighted by Gasteiger charge is -2.33. The fraction of sp³-hybridized carbons (Fsp3) is 1.00. The third-order valence-corrected chi connectivity index (χ3v) is 5.92. The van der Waals surface area contributed by atoms with Gasteiger partial charge < -0.3 is 5.73 Å². The van der Waals surface area contributed by atoms with E-state index in [9.17, 15) is 8.42 Å². The quantitative estimate of drug-likeness (QED) is 0.759. The van der Waals surface area contributed by atoms with Gasteiger partial charge in [-0.25, -0.2) is 0 Å². The molecule has 18 heavy (non-hydrogen) atoms. The first kappa shape index (κ1) is 15.9. The first-order valence-corrected chi connectivity index (χ1v) is 8.25. The maximum Gasteiger partial charge on any atom is 0.282 e. The summed E-state index contributed by atoms with van der Waals surface area (Å²) in [6.45, 7) is 4.87. The van der Waals surface area contributed by atoms with Gasteiger partial charge >= 0.3 is 0 Å². The van der Waals surface area contributed by atoms with Gasteiger partial charge in [-0.1, -0.05) is 12.8 Å². The first-order valence-electron chi connectivity index (χ1n) is 6.86. The van der Waals surface area contributed by atoms with E-state index in [0.717, 1.165) is 32.1 Å². The predicted molar refractivity (Wildman–Crippen MR) is 74.5 cm³/mol. The molecule has 2 N–H and O–H groups in total. The van der Waals surface area contributed by atoms with Crippen LogP contribution in [0.4, 0.5) is 0 Å². The van der Waals surface area contributed by atoms with Crippen LogP contribution < -0.4 is 5.73 Å². The van der Waals surface area contributed by atoms with E-state index in [1.54, 1.807) is 11.4 Å². The van der Waals surface area contributed by atoms with Crippen molar-refractivity contribution in [3.63, 3.8) is 0 Å². The second-order valence-corrected chi connectivity index (χ2v) is 7.25.